The highest BCUT2D eigenvalue weighted by atomic mass is 16.5. The normalized spacial score (nSPS) is 15.6. The number of unbranched alkanes of at least 4 members (excludes halogenated alkanes) is 2. The van der Waals surface area contributed by atoms with Gasteiger partial charge in [0, 0.05) is 6.61 Å². The quantitative estimate of drug-likeness (QED) is 0.615. The predicted molar refractivity (Wildman–Crippen MR) is 93.0 cm³/mol. The highest BCUT2D eigenvalue weighted by Crippen LogP contribution is 2.27. The Labute approximate surface area is 140 Å². The van der Waals surface area contributed by atoms with Gasteiger partial charge < -0.3 is 19.1 Å². The SMILES string of the molecule is COc1ccc(COCCCCCN2CC[CH]CC2)cc1OC. The third kappa shape index (κ3) is 6.40. The van der Waals surface area contributed by atoms with Crippen LogP contribution in [0.15, 0.2) is 18.2 Å². The number of rotatable bonds is 10. The molecule has 0 aromatic heterocycles. The summed E-state index contributed by atoms with van der Waals surface area (Å²) in [4.78, 5) is 2.57. The highest BCUT2D eigenvalue weighted by Gasteiger charge is 2.09. The molecule has 0 saturated carbocycles. The maximum absolute atomic E-state index is 5.77. The van der Waals surface area contributed by atoms with Gasteiger partial charge in [0.15, 0.2) is 11.5 Å². The molecule has 2 rings (SSSR count). The zero-order chi connectivity index (χ0) is 16.3. The minimum atomic E-state index is 0.627. The molecule has 1 saturated heterocycles. The van der Waals surface area contributed by atoms with Crippen LogP contribution in [-0.4, -0.2) is 45.4 Å². The van der Waals surface area contributed by atoms with E-state index in [9.17, 15) is 0 Å². The van der Waals surface area contributed by atoms with Crippen molar-refractivity contribution >= 4 is 0 Å². The van der Waals surface area contributed by atoms with Crippen LogP contribution in [-0.2, 0) is 11.3 Å². The highest BCUT2D eigenvalue weighted by molar-refractivity contribution is 5.42. The van der Waals surface area contributed by atoms with E-state index in [1.807, 2.05) is 18.2 Å². The van der Waals surface area contributed by atoms with E-state index in [-0.39, 0.29) is 0 Å². The zero-order valence-corrected chi connectivity index (χ0v) is 14.6. The number of likely N-dealkylation sites (tertiary alicyclic amines) is 1. The summed E-state index contributed by atoms with van der Waals surface area (Å²) in [6, 6.07) is 5.93. The summed E-state index contributed by atoms with van der Waals surface area (Å²) in [5.41, 5.74) is 1.12. The van der Waals surface area contributed by atoms with Crippen LogP contribution in [0.3, 0.4) is 0 Å². The topological polar surface area (TPSA) is 30.9 Å². The maximum Gasteiger partial charge on any atom is 0.161 e. The first-order valence-corrected chi connectivity index (χ1v) is 8.66. The summed E-state index contributed by atoms with van der Waals surface area (Å²) in [7, 11) is 3.30. The van der Waals surface area contributed by atoms with Gasteiger partial charge in [-0.1, -0.05) is 6.07 Å². The zero-order valence-electron chi connectivity index (χ0n) is 14.6. The lowest BCUT2D eigenvalue weighted by molar-refractivity contribution is 0.115. The second-order valence-electron chi connectivity index (χ2n) is 6.01. The summed E-state index contributed by atoms with van der Waals surface area (Å²) >= 11 is 0. The van der Waals surface area contributed by atoms with Crippen molar-refractivity contribution in [1.82, 2.24) is 4.90 Å². The molecule has 0 aliphatic carbocycles. The standard InChI is InChI=1S/C19H30NO3/c1-21-18-10-9-17(15-19(18)22-2)16-23-14-8-4-7-13-20-11-5-3-6-12-20/h3,9-10,15H,4-8,11-14,16H2,1-2H3. The van der Waals surface area contributed by atoms with Crippen molar-refractivity contribution in [2.24, 2.45) is 0 Å². The average Bonchev–Trinajstić information content (AvgIpc) is 2.61. The molecule has 129 valence electrons. The monoisotopic (exact) mass is 320 g/mol. The van der Waals surface area contributed by atoms with Crippen LogP contribution in [0, 0.1) is 6.42 Å². The van der Waals surface area contributed by atoms with Crippen LogP contribution in [0.2, 0.25) is 0 Å². The van der Waals surface area contributed by atoms with Gasteiger partial charge in [0.1, 0.15) is 0 Å². The average molecular weight is 320 g/mol. The van der Waals surface area contributed by atoms with E-state index < -0.39 is 0 Å². The van der Waals surface area contributed by atoms with Gasteiger partial charge in [-0.3, -0.25) is 0 Å². The van der Waals surface area contributed by atoms with E-state index in [1.54, 1.807) is 14.2 Å². The summed E-state index contributed by atoms with van der Waals surface area (Å²) in [5.74, 6) is 1.51. The third-order valence-corrected chi connectivity index (χ3v) is 4.28. The second-order valence-corrected chi connectivity index (χ2v) is 6.01. The number of hydrogen-bond acceptors (Lipinski definition) is 4. The van der Waals surface area contributed by atoms with Gasteiger partial charge in [-0.25, -0.2) is 0 Å². The van der Waals surface area contributed by atoms with E-state index in [4.69, 9.17) is 14.2 Å². The molecule has 1 aromatic carbocycles. The van der Waals surface area contributed by atoms with Crippen molar-refractivity contribution < 1.29 is 14.2 Å². The summed E-state index contributed by atoms with van der Waals surface area (Å²) in [5, 5.41) is 0. The summed E-state index contributed by atoms with van der Waals surface area (Å²) in [6.45, 7) is 5.18. The fraction of sp³-hybridized carbons (Fsp3) is 0.632. The van der Waals surface area contributed by atoms with Crippen LogP contribution in [0.25, 0.3) is 0 Å². The minimum absolute atomic E-state index is 0.627. The molecule has 0 N–H and O–H groups in total. The molecule has 4 heteroatoms. The first-order valence-electron chi connectivity index (χ1n) is 8.66. The van der Waals surface area contributed by atoms with Crippen molar-refractivity contribution in [1.29, 1.82) is 0 Å². The molecule has 4 nitrogen and oxygen atoms in total. The van der Waals surface area contributed by atoms with Crippen molar-refractivity contribution in [3.63, 3.8) is 0 Å². The van der Waals surface area contributed by atoms with E-state index in [2.05, 4.69) is 11.3 Å². The van der Waals surface area contributed by atoms with Gasteiger partial charge in [0.05, 0.1) is 20.8 Å². The lowest BCUT2D eigenvalue weighted by Gasteiger charge is -2.26. The summed E-state index contributed by atoms with van der Waals surface area (Å²) < 4.78 is 16.3. The van der Waals surface area contributed by atoms with Gasteiger partial charge in [-0.05, 0) is 75.9 Å². The molecule has 1 heterocycles. The Balaban J connectivity index is 1.55. The predicted octanol–water partition coefficient (Wildman–Crippen LogP) is 3.69. The Kier molecular flexibility index (Phi) is 8.26. The Bertz CT molecular complexity index is 444. The number of hydrogen-bond donors (Lipinski definition) is 0. The molecule has 0 amide bonds. The van der Waals surface area contributed by atoms with E-state index >= 15 is 0 Å². The van der Waals surface area contributed by atoms with Crippen molar-refractivity contribution in [3.8, 4) is 11.5 Å². The van der Waals surface area contributed by atoms with E-state index in [0.717, 1.165) is 30.1 Å². The van der Waals surface area contributed by atoms with Gasteiger partial charge in [0.25, 0.3) is 0 Å². The Morgan fingerprint density at radius 1 is 0.957 bits per heavy atom. The smallest absolute Gasteiger partial charge is 0.161 e. The number of ether oxygens (including phenoxy) is 3. The minimum Gasteiger partial charge on any atom is -0.493 e. The van der Waals surface area contributed by atoms with Crippen LogP contribution >= 0.6 is 0 Å². The molecule has 1 aliphatic heterocycles. The van der Waals surface area contributed by atoms with Gasteiger partial charge >= 0.3 is 0 Å². The van der Waals surface area contributed by atoms with E-state index in [0.29, 0.717) is 6.61 Å². The largest absolute Gasteiger partial charge is 0.493 e. The number of methoxy groups -OCH3 is 2. The van der Waals surface area contributed by atoms with E-state index in [1.165, 1.54) is 45.3 Å². The van der Waals surface area contributed by atoms with Crippen molar-refractivity contribution in [2.45, 2.75) is 38.7 Å². The van der Waals surface area contributed by atoms with Crippen LogP contribution in [0.1, 0.15) is 37.7 Å². The number of benzene rings is 1. The van der Waals surface area contributed by atoms with Crippen molar-refractivity contribution in [2.75, 3.05) is 40.5 Å². The van der Waals surface area contributed by atoms with Crippen LogP contribution in [0.4, 0.5) is 0 Å². The first-order chi connectivity index (χ1) is 11.3. The molecule has 1 fully saturated rings. The molecule has 1 aliphatic rings. The Hall–Kier alpha value is -1.26. The van der Waals surface area contributed by atoms with Crippen molar-refractivity contribution in [3.05, 3.63) is 30.2 Å². The van der Waals surface area contributed by atoms with Gasteiger partial charge in [-0.15, -0.1) is 0 Å². The lowest BCUT2D eigenvalue weighted by Crippen LogP contribution is -2.30. The Morgan fingerprint density at radius 2 is 1.74 bits per heavy atom. The fourth-order valence-corrected chi connectivity index (χ4v) is 2.90. The molecule has 23 heavy (non-hydrogen) atoms. The fourth-order valence-electron chi connectivity index (χ4n) is 2.90. The van der Waals surface area contributed by atoms with Gasteiger partial charge in [-0.2, -0.15) is 0 Å². The molecule has 0 bridgehead atoms. The van der Waals surface area contributed by atoms with Crippen LogP contribution in [0.5, 0.6) is 11.5 Å². The van der Waals surface area contributed by atoms with Crippen LogP contribution < -0.4 is 9.47 Å². The first kappa shape index (κ1) is 18.1. The lowest BCUT2D eigenvalue weighted by atomic mass is 10.1. The molecular weight excluding hydrogens is 290 g/mol. The molecule has 0 spiro atoms. The molecular formula is C19H30NO3. The maximum atomic E-state index is 5.77. The second kappa shape index (κ2) is 10.5. The molecule has 1 radical (unpaired) electrons. The summed E-state index contributed by atoms with van der Waals surface area (Å²) in [6.07, 6.45) is 8.57. The molecule has 1 aromatic rings. The number of piperidine rings is 1. The third-order valence-electron chi connectivity index (χ3n) is 4.28. The van der Waals surface area contributed by atoms with Gasteiger partial charge in [0.2, 0.25) is 0 Å². The number of nitrogens with zero attached hydrogens (tertiary/aromatic N) is 1. The Morgan fingerprint density at radius 3 is 2.48 bits per heavy atom. The molecule has 0 unspecified atom stereocenters. The molecule has 0 atom stereocenters.